The van der Waals surface area contributed by atoms with Gasteiger partial charge in [0.2, 0.25) is 0 Å². The first-order chi connectivity index (χ1) is 17.9. The minimum atomic E-state index is -2.70. The van der Waals surface area contributed by atoms with Crippen LogP contribution in [0.15, 0.2) is 41.0 Å². The molecule has 0 aromatic carbocycles. The summed E-state index contributed by atoms with van der Waals surface area (Å²) in [5, 5.41) is 8.81. The smallest absolute Gasteiger partial charge is 0.300 e. The molecular weight excluding hydrogens is 496 g/mol. The van der Waals surface area contributed by atoms with Gasteiger partial charge in [-0.15, -0.1) is 0 Å². The van der Waals surface area contributed by atoms with Crippen molar-refractivity contribution in [3.8, 4) is 0 Å². The lowest BCUT2D eigenvalue weighted by Crippen LogP contribution is -2.43. The van der Waals surface area contributed by atoms with Crippen LogP contribution >= 0.6 is 0 Å². The molecule has 2 aromatic heterocycles. The predicted octanol–water partition coefficient (Wildman–Crippen LogP) is 2.48. The van der Waals surface area contributed by atoms with Crippen molar-refractivity contribution < 1.29 is 18.7 Å². The quantitative estimate of drug-likeness (QED) is 0.362. The summed E-state index contributed by atoms with van der Waals surface area (Å²) < 4.78 is 29.6. The average Bonchev–Trinajstić information content (AvgIpc) is 2.81. The van der Waals surface area contributed by atoms with E-state index < -0.39 is 11.9 Å². The van der Waals surface area contributed by atoms with Crippen molar-refractivity contribution in [2.45, 2.75) is 52.0 Å². The number of halogens is 2. The second-order valence-corrected chi connectivity index (χ2v) is 9.58. The molecule has 4 rings (SSSR count). The Morgan fingerprint density at radius 2 is 1.82 bits per heavy atom. The van der Waals surface area contributed by atoms with E-state index in [1.54, 1.807) is 34.7 Å². The van der Waals surface area contributed by atoms with Gasteiger partial charge in [-0.25, -0.2) is 19.6 Å². The minimum absolute atomic E-state index is 0.0866. The number of carbonyl (C=O) groups is 1. The molecule has 12 heteroatoms. The first kappa shape index (κ1) is 28.9. The lowest BCUT2D eigenvalue weighted by atomic mass is 10.1. The zero-order chi connectivity index (χ0) is 28.0. The van der Waals surface area contributed by atoms with E-state index in [0.717, 1.165) is 32.1 Å². The number of aliphatic carboxylic acids is 1. The molecule has 2 aliphatic rings. The van der Waals surface area contributed by atoms with Crippen molar-refractivity contribution in [3.63, 3.8) is 0 Å². The zero-order valence-corrected chi connectivity index (χ0v) is 22.2. The number of likely N-dealkylation sites (N-methyl/N-ethyl adjacent to an activating group) is 1. The summed E-state index contributed by atoms with van der Waals surface area (Å²) in [6, 6.07) is 6.92. The fraction of sp³-hybridized carbons (Fsp3) is 0.500. The number of allylic oxidation sites excluding steroid dienone is 1. The van der Waals surface area contributed by atoms with Crippen molar-refractivity contribution in [2.24, 2.45) is 11.6 Å². The molecule has 0 aliphatic carbocycles. The highest BCUT2D eigenvalue weighted by Crippen LogP contribution is 2.32. The van der Waals surface area contributed by atoms with Crippen LogP contribution in [0.25, 0.3) is 5.70 Å². The first-order valence-corrected chi connectivity index (χ1v) is 12.7. The van der Waals surface area contributed by atoms with Gasteiger partial charge in [-0.3, -0.25) is 9.59 Å². The van der Waals surface area contributed by atoms with Crippen LogP contribution in [-0.4, -0.2) is 64.8 Å². The number of rotatable bonds is 7. The zero-order valence-electron chi connectivity index (χ0n) is 22.2. The maximum atomic E-state index is 14.0. The van der Waals surface area contributed by atoms with E-state index >= 15 is 0 Å². The molecule has 0 amide bonds. The highest BCUT2D eigenvalue weighted by Gasteiger charge is 2.36. The number of hydrogen-bond donors (Lipinski definition) is 3. The number of hydrogen-bond acceptors (Lipinski definition) is 8. The number of carboxylic acids is 1. The number of aromatic nitrogens is 2. The predicted molar refractivity (Wildman–Crippen MR) is 144 cm³/mol. The van der Waals surface area contributed by atoms with Crippen LogP contribution in [0.4, 0.5) is 20.2 Å². The molecule has 0 bridgehead atoms. The molecule has 10 nitrogen and oxygen atoms in total. The van der Waals surface area contributed by atoms with Crippen molar-refractivity contribution in [1.29, 1.82) is 0 Å². The van der Waals surface area contributed by atoms with Gasteiger partial charge in [0.15, 0.2) is 0 Å². The van der Waals surface area contributed by atoms with E-state index in [1.165, 1.54) is 5.01 Å². The van der Waals surface area contributed by atoms with Crippen LogP contribution in [0, 0.1) is 0 Å². The van der Waals surface area contributed by atoms with Crippen LogP contribution in [0.2, 0.25) is 0 Å². The molecule has 2 aliphatic heterocycles. The van der Waals surface area contributed by atoms with Crippen LogP contribution < -0.4 is 26.9 Å². The molecule has 4 heterocycles. The molecular formula is C26H37F2N7O3. The third kappa shape index (κ3) is 7.21. The maximum absolute atomic E-state index is 14.0. The van der Waals surface area contributed by atoms with Crippen LogP contribution in [0.1, 0.15) is 44.5 Å². The van der Waals surface area contributed by atoms with E-state index in [-0.39, 0.29) is 25.1 Å². The van der Waals surface area contributed by atoms with Gasteiger partial charge in [0, 0.05) is 52.3 Å². The van der Waals surface area contributed by atoms with E-state index in [9.17, 15) is 13.6 Å². The van der Waals surface area contributed by atoms with Crippen molar-refractivity contribution in [3.05, 3.63) is 57.9 Å². The number of piperidine rings is 1. The van der Waals surface area contributed by atoms with Crippen molar-refractivity contribution >= 4 is 23.0 Å². The third-order valence-corrected chi connectivity index (χ3v) is 6.54. The standard InChI is InChI=1S/C24H33F2N7O.C2H4O2/c1-3-18-20(32-11-4-10-24(25,26)16-32)8-7-19(29-18)23(27)21(30(2)28)15-33-14-17(6-9-22(33)34)31-12-5-13-31;1-2(3)4/h6-9,14H,3-5,10-13,15-16,27-28H2,1-2H3;1H3,(H,3,4)/b23-21-;. The van der Waals surface area contributed by atoms with Gasteiger partial charge >= 0.3 is 0 Å². The second-order valence-electron chi connectivity index (χ2n) is 9.58. The second kappa shape index (κ2) is 12.2. The number of hydrazine groups is 1. The SMILES string of the molecule is CC(=O)O.CCc1nc(/C(N)=C(\Cn2cc(N3CCC3)ccc2=O)N(C)N)ccc1N1CCCC(F)(F)C1. The Morgan fingerprint density at radius 3 is 2.37 bits per heavy atom. The number of aryl methyl sites for hydroxylation is 1. The Bertz CT molecular complexity index is 1220. The topological polar surface area (TPSA) is 134 Å². The fourth-order valence-electron chi connectivity index (χ4n) is 4.46. The number of pyridine rings is 2. The lowest BCUT2D eigenvalue weighted by molar-refractivity contribution is -0.134. The van der Waals surface area contributed by atoms with E-state index in [1.807, 2.05) is 19.2 Å². The molecule has 0 atom stereocenters. The van der Waals surface area contributed by atoms with Crippen molar-refractivity contribution in [2.75, 3.05) is 43.0 Å². The summed E-state index contributed by atoms with van der Waals surface area (Å²) in [5.41, 5.74) is 10.1. The van der Waals surface area contributed by atoms with Gasteiger partial charge in [-0.05, 0) is 37.5 Å². The molecule has 5 N–H and O–H groups in total. The Morgan fingerprint density at radius 1 is 1.16 bits per heavy atom. The summed E-state index contributed by atoms with van der Waals surface area (Å²) in [6.07, 6.45) is 3.88. The molecule has 0 radical (unpaired) electrons. The summed E-state index contributed by atoms with van der Waals surface area (Å²) in [5.74, 6) is 2.57. The minimum Gasteiger partial charge on any atom is -0.481 e. The van der Waals surface area contributed by atoms with Gasteiger partial charge in [-0.1, -0.05) is 6.92 Å². The summed E-state index contributed by atoms with van der Waals surface area (Å²) in [7, 11) is 1.66. The van der Waals surface area contributed by atoms with E-state index in [0.29, 0.717) is 47.9 Å². The Labute approximate surface area is 221 Å². The maximum Gasteiger partial charge on any atom is 0.300 e. The number of carboxylic acid groups (broad SMARTS) is 1. The van der Waals surface area contributed by atoms with Gasteiger partial charge in [0.05, 0.1) is 47.2 Å². The average molecular weight is 534 g/mol. The molecule has 2 fully saturated rings. The molecule has 2 saturated heterocycles. The number of nitrogens with two attached hydrogens (primary N) is 2. The largest absolute Gasteiger partial charge is 0.481 e. The Hall–Kier alpha value is -3.67. The number of nitrogens with zero attached hydrogens (tertiary/aromatic N) is 5. The fourth-order valence-corrected chi connectivity index (χ4v) is 4.46. The van der Waals surface area contributed by atoms with E-state index in [2.05, 4.69) is 4.90 Å². The molecule has 208 valence electrons. The van der Waals surface area contributed by atoms with E-state index in [4.69, 9.17) is 26.5 Å². The highest BCUT2D eigenvalue weighted by molar-refractivity contribution is 5.65. The monoisotopic (exact) mass is 533 g/mol. The Kier molecular flexibility index (Phi) is 9.31. The van der Waals surface area contributed by atoms with Gasteiger partial charge in [0.1, 0.15) is 0 Å². The highest BCUT2D eigenvalue weighted by atomic mass is 19.3. The molecule has 0 spiro atoms. The number of anilines is 2. The number of alkyl halides is 2. The summed E-state index contributed by atoms with van der Waals surface area (Å²) in [4.78, 5) is 30.1. The molecule has 0 unspecified atom stereocenters. The van der Waals surface area contributed by atoms with Gasteiger partial charge in [0.25, 0.3) is 17.5 Å². The first-order valence-electron chi connectivity index (χ1n) is 12.7. The van der Waals surface area contributed by atoms with Crippen molar-refractivity contribution in [1.82, 2.24) is 14.6 Å². The van der Waals surface area contributed by atoms with Crippen LogP contribution in [0.5, 0.6) is 0 Å². The van der Waals surface area contributed by atoms with Gasteiger partial charge in [-0.2, -0.15) is 0 Å². The summed E-state index contributed by atoms with van der Waals surface area (Å²) in [6.45, 7) is 5.41. The molecule has 2 aromatic rings. The normalized spacial score (nSPS) is 17.1. The van der Waals surface area contributed by atoms with Crippen LogP contribution in [0.3, 0.4) is 0 Å². The molecule has 38 heavy (non-hydrogen) atoms. The van der Waals surface area contributed by atoms with Crippen LogP contribution in [-0.2, 0) is 17.8 Å². The third-order valence-electron chi connectivity index (χ3n) is 6.54. The Balaban J connectivity index is 0.000000934. The van der Waals surface area contributed by atoms with Gasteiger partial charge < -0.3 is 30.2 Å². The molecule has 0 saturated carbocycles. The summed E-state index contributed by atoms with van der Waals surface area (Å²) >= 11 is 0. The lowest BCUT2D eigenvalue weighted by Gasteiger charge is -2.35.